The summed E-state index contributed by atoms with van der Waals surface area (Å²) in [7, 11) is 0. The highest BCUT2D eigenvalue weighted by Gasteiger charge is 2.21. The molecule has 1 aliphatic heterocycles. The summed E-state index contributed by atoms with van der Waals surface area (Å²) in [6.45, 7) is 6.96. The van der Waals surface area contributed by atoms with Crippen LogP contribution in [0.4, 0.5) is 5.69 Å². The van der Waals surface area contributed by atoms with Crippen LogP contribution in [-0.4, -0.2) is 46.5 Å². The zero-order valence-electron chi connectivity index (χ0n) is 14.3. The quantitative estimate of drug-likeness (QED) is 0.848. The molecule has 1 aliphatic rings. The Hall–Kier alpha value is -2.15. The minimum Gasteiger partial charge on any atom is -0.381 e. The van der Waals surface area contributed by atoms with E-state index in [1.54, 1.807) is 12.4 Å². The summed E-state index contributed by atoms with van der Waals surface area (Å²) in [6.07, 6.45) is 6.22. The Morgan fingerprint density at radius 3 is 2.83 bits per heavy atom. The number of anilines is 1. The Morgan fingerprint density at radius 2 is 2.12 bits per heavy atom. The van der Waals surface area contributed by atoms with Gasteiger partial charge in [-0.1, -0.05) is 6.92 Å². The molecule has 1 fully saturated rings. The fourth-order valence-corrected chi connectivity index (χ4v) is 2.97. The molecule has 1 saturated heterocycles. The Morgan fingerprint density at radius 1 is 1.33 bits per heavy atom. The summed E-state index contributed by atoms with van der Waals surface area (Å²) in [4.78, 5) is 17.0. The monoisotopic (exact) mass is 331 g/mol. The molecule has 0 aliphatic carbocycles. The minimum absolute atomic E-state index is 0.0925. The summed E-state index contributed by atoms with van der Waals surface area (Å²) in [5.74, 6) is -0.0925. The summed E-state index contributed by atoms with van der Waals surface area (Å²) in [6, 6.07) is 0.298. The lowest BCUT2D eigenvalue weighted by Gasteiger charge is -2.25. The molecule has 2 aromatic heterocycles. The standard InChI is InChI=1S/C17H25N5O2/c1-3-7-18-17(23)14-10-19-16-13(11-20-22(16)4-2)15(14)21-12-5-8-24-9-6-12/h10-12H,3-9H2,1-2H3,(H,18,23)(H,19,21). The molecule has 130 valence electrons. The van der Waals surface area contributed by atoms with Gasteiger partial charge in [0.1, 0.15) is 0 Å². The van der Waals surface area contributed by atoms with Crippen molar-refractivity contribution in [2.75, 3.05) is 25.1 Å². The molecule has 0 saturated carbocycles. The molecule has 7 nitrogen and oxygen atoms in total. The van der Waals surface area contributed by atoms with E-state index in [2.05, 4.69) is 20.7 Å². The van der Waals surface area contributed by atoms with E-state index >= 15 is 0 Å². The van der Waals surface area contributed by atoms with Gasteiger partial charge in [-0.3, -0.25) is 4.79 Å². The van der Waals surface area contributed by atoms with Crippen molar-refractivity contribution in [1.82, 2.24) is 20.1 Å². The number of ether oxygens (including phenoxy) is 1. The van der Waals surface area contributed by atoms with Crippen LogP contribution in [0.3, 0.4) is 0 Å². The Bertz CT molecular complexity index is 706. The lowest BCUT2D eigenvalue weighted by Crippen LogP contribution is -2.30. The maximum Gasteiger partial charge on any atom is 0.254 e. The fraction of sp³-hybridized carbons (Fsp3) is 0.588. The second-order valence-corrected chi connectivity index (χ2v) is 6.03. The molecule has 3 heterocycles. The molecule has 3 rings (SSSR count). The van der Waals surface area contributed by atoms with Crippen LogP contribution in [0.25, 0.3) is 11.0 Å². The van der Waals surface area contributed by atoms with Crippen molar-refractivity contribution >= 4 is 22.6 Å². The number of carbonyl (C=O) groups excluding carboxylic acids is 1. The van der Waals surface area contributed by atoms with Crippen molar-refractivity contribution in [3.05, 3.63) is 18.0 Å². The lowest BCUT2D eigenvalue weighted by molar-refractivity contribution is 0.0904. The third-order valence-electron chi connectivity index (χ3n) is 4.32. The molecule has 0 spiro atoms. The van der Waals surface area contributed by atoms with E-state index in [1.807, 2.05) is 18.5 Å². The van der Waals surface area contributed by atoms with Gasteiger partial charge < -0.3 is 15.4 Å². The molecule has 0 unspecified atom stereocenters. The largest absolute Gasteiger partial charge is 0.381 e. The number of nitrogens with zero attached hydrogens (tertiary/aromatic N) is 3. The highest BCUT2D eigenvalue weighted by molar-refractivity contribution is 6.06. The molecule has 0 aromatic carbocycles. The predicted octanol–water partition coefficient (Wildman–Crippen LogP) is 2.18. The number of carbonyl (C=O) groups is 1. The van der Waals surface area contributed by atoms with E-state index in [0.717, 1.165) is 55.7 Å². The van der Waals surface area contributed by atoms with Gasteiger partial charge in [0.25, 0.3) is 5.91 Å². The molecule has 24 heavy (non-hydrogen) atoms. The van der Waals surface area contributed by atoms with Gasteiger partial charge in [0.15, 0.2) is 5.65 Å². The molecule has 2 aromatic rings. The second kappa shape index (κ2) is 7.61. The molecule has 0 bridgehead atoms. The molecule has 7 heteroatoms. The Kier molecular flexibility index (Phi) is 5.30. The minimum atomic E-state index is -0.0925. The maximum atomic E-state index is 12.5. The first-order valence-electron chi connectivity index (χ1n) is 8.71. The van der Waals surface area contributed by atoms with Gasteiger partial charge in [0.05, 0.1) is 22.8 Å². The lowest BCUT2D eigenvalue weighted by atomic mass is 10.1. The number of fused-ring (bicyclic) bond motifs is 1. The average Bonchev–Trinajstić information content (AvgIpc) is 3.04. The predicted molar refractivity (Wildman–Crippen MR) is 93.3 cm³/mol. The number of amides is 1. The van der Waals surface area contributed by atoms with Gasteiger partial charge in [-0.05, 0) is 26.2 Å². The smallest absolute Gasteiger partial charge is 0.254 e. The van der Waals surface area contributed by atoms with E-state index in [0.29, 0.717) is 18.2 Å². The SMILES string of the molecule is CCCNC(=O)c1cnc2c(cnn2CC)c1NC1CCOCC1. The van der Waals surface area contributed by atoms with E-state index < -0.39 is 0 Å². The van der Waals surface area contributed by atoms with Crippen LogP contribution >= 0.6 is 0 Å². The topological polar surface area (TPSA) is 81.1 Å². The highest BCUT2D eigenvalue weighted by atomic mass is 16.5. The van der Waals surface area contributed by atoms with Crippen molar-refractivity contribution in [3.8, 4) is 0 Å². The normalized spacial score (nSPS) is 15.6. The third-order valence-corrected chi connectivity index (χ3v) is 4.32. The Labute approximate surface area is 141 Å². The van der Waals surface area contributed by atoms with Crippen LogP contribution in [0.5, 0.6) is 0 Å². The van der Waals surface area contributed by atoms with Gasteiger partial charge in [0.2, 0.25) is 0 Å². The molecule has 0 atom stereocenters. The van der Waals surface area contributed by atoms with Gasteiger partial charge >= 0.3 is 0 Å². The molecule has 2 N–H and O–H groups in total. The van der Waals surface area contributed by atoms with Crippen LogP contribution < -0.4 is 10.6 Å². The Balaban J connectivity index is 1.98. The first-order valence-corrected chi connectivity index (χ1v) is 8.71. The zero-order chi connectivity index (χ0) is 16.9. The number of aryl methyl sites for hydroxylation is 1. The summed E-state index contributed by atoms with van der Waals surface area (Å²) in [5.41, 5.74) is 2.22. The van der Waals surface area contributed by atoms with E-state index in [4.69, 9.17) is 4.74 Å². The maximum absolute atomic E-state index is 12.5. The number of rotatable bonds is 6. The van der Waals surface area contributed by atoms with Crippen LogP contribution in [-0.2, 0) is 11.3 Å². The van der Waals surface area contributed by atoms with Crippen molar-refractivity contribution in [2.24, 2.45) is 0 Å². The van der Waals surface area contributed by atoms with Crippen LogP contribution in [0.2, 0.25) is 0 Å². The van der Waals surface area contributed by atoms with E-state index in [9.17, 15) is 4.79 Å². The number of pyridine rings is 1. The molecule has 1 amide bonds. The van der Waals surface area contributed by atoms with Crippen LogP contribution in [0.15, 0.2) is 12.4 Å². The van der Waals surface area contributed by atoms with Gasteiger partial charge in [-0.2, -0.15) is 5.10 Å². The number of hydrogen-bond acceptors (Lipinski definition) is 5. The number of nitrogens with one attached hydrogen (secondary N) is 2. The van der Waals surface area contributed by atoms with E-state index in [-0.39, 0.29) is 5.91 Å². The fourth-order valence-electron chi connectivity index (χ4n) is 2.97. The number of hydrogen-bond donors (Lipinski definition) is 2. The highest BCUT2D eigenvalue weighted by Crippen LogP contribution is 2.28. The number of aromatic nitrogens is 3. The first-order chi connectivity index (χ1) is 11.7. The zero-order valence-corrected chi connectivity index (χ0v) is 14.3. The van der Waals surface area contributed by atoms with E-state index in [1.165, 1.54) is 0 Å². The molecular formula is C17H25N5O2. The second-order valence-electron chi connectivity index (χ2n) is 6.03. The van der Waals surface area contributed by atoms with Gasteiger partial charge in [0, 0.05) is 38.5 Å². The summed E-state index contributed by atoms with van der Waals surface area (Å²) in [5, 5.41) is 11.8. The van der Waals surface area contributed by atoms with Gasteiger partial charge in [-0.25, -0.2) is 9.67 Å². The molecule has 0 radical (unpaired) electrons. The van der Waals surface area contributed by atoms with Crippen LogP contribution in [0.1, 0.15) is 43.5 Å². The average molecular weight is 331 g/mol. The summed E-state index contributed by atoms with van der Waals surface area (Å²) >= 11 is 0. The van der Waals surface area contributed by atoms with Crippen molar-refractivity contribution in [3.63, 3.8) is 0 Å². The third kappa shape index (κ3) is 3.36. The molecular weight excluding hydrogens is 306 g/mol. The van der Waals surface area contributed by atoms with Gasteiger partial charge in [-0.15, -0.1) is 0 Å². The first kappa shape index (κ1) is 16.7. The van der Waals surface area contributed by atoms with Crippen LogP contribution in [0, 0.1) is 0 Å². The summed E-state index contributed by atoms with van der Waals surface area (Å²) < 4.78 is 7.27. The van der Waals surface area contributed by atoms with Crippen molar-refractivity contribution in [2.45, 2.75) is 45.7 Å². The van der Waals surface area contributed by atoms with Crippen molar-refractivity contribution < 1.29 is 9.53 Å². The van der Waals surface area contributed by atoms with Crippen molar-refractivity contribution in [1.29, 1.82) is 0 Å².